The van der Waals surface area contributed by atoms with Gasteiger partial charge in [0.15, 0.2) is 5.78 Å². The van der Waals surface area contributed by atoms with Crippen LogP contribution >= 0.6 is 0 Å². The van der Waals surface area contributed by atoms with Crippen LogP contribution in [0.4, 0.5) is 5.69 Å². The lowest BCUT2D eigenvalue weighted by atomic mass is 10.00. The van der Waals surface area contributed by atoms with E-state index in [9.17, 15) is 9.59 Å². The number of benzene rings is 1. The first-order valence-electron chi connectivity index (χ1n) is 10.7. The number of nitrogens with zero attached hydrogens (tertiary/aromatic N) is 1. The second-order valence-corrected chi connectivity index (χ2v) is 8.42. The van der Waals surface area contributed by atoms with Gasteiger partial charge in [0.2, 0.25) is 0 Å². The molecule has 1 atom stereocenters. The van der Waals surface area contributed by atoms with Crippen molar-refractivity contribution in [3.05, 3.63) is 52.3 Å². The van der Waals surface area contributed by atoms with Crippen molar-refractivity contribution in [2.75, 3.05) is 18.4 Å². The van der Waals surface area contributed by atoms with Gasteiger partial charge in [0, 0.05) is 30.0 Å². The van der Waals surface area contributed by atoms with E-state index in [2.05, 4.69) is 41.2 Å². The number of likely N-dealkylation sites (tertiary alicyclic amines) is 1. The maximum atomic E-state index is 12.9. The van der Waals surface area contributed by atoms with Crippen LogP contribution in [0.25, 0.3) is 0 Å². The molecule has 2 aromatic rings. The second kappa shape index (κ2) is 9.40. The number of anilines is 1. The summed E-state index contributed by atoms with van der Waals surface area (Å²) in [6, 6.07) is 8.09. The first kappa shape index (κ1) is 21.3. The third-order valence-electron chi connectivity index (χ3n) is 5.73. The topological polar surface area (TPSA) is 65.2 Å². The van der Waals surface area contributed by atoms with Crippen molar-refractivity contribution in [1.82, 2.24) is 9.88 Å². The Hall–Kier alpha value is -2.40. The van der Waals surface area contributed by atoms with Crippen LogP contribution in [-0.4, -0.2) is 34.7 Å². The van der Waals surface area contributed by atoms with Gasteiger partial charge >= 0.3 is 0 Å². The normalized spacial score (nSPS) is 17.3. The summed E-state index contributed by atoms with van der Waals surface area (Å²) >= 11 is 0. The Balaban J connectivity index is 1.69. The Labute approximate surface area is 173 Å². The zero-order valence-corrected chi connectivity index (χ0v) is 18.1. The lowest BCUT2D eigenvalue weighted by Crippen LogP contribution is -2.33. The number of H-pyrrole nitrogens is 1. The van der Waals surface area contributed by atoms with E-state index in [4.69, 9.17) is 0 Å². The molecule has 1 aliphatic heterocycles. The average Bonchev–Trinajstić information content (AvgIpc) is 3.00. The van der Waals surface area contributed by atoms with Crippen molar-refractivity contribution in [1.29, 1.82) is 0 Å². The number of aryl methyl sites for hydroxylation is 1. The molecule has 0 saturated carbocycles. The molecule has 1 saturated heterocycles. The lowest BCUT2D eigenvalue weighted by Gasteiger charge is -2.30. The molecule has 156 valence electrons. The van der Waals surface area contributed by atoms with E-state index in [1.165, 1.54) is 18.4 Å². The summed E-state index contributed by atoms with van der Waals surface area (Å²) in [7, 11) is 0. The van der Waals surface area contributed by atoms with Crippen LogP contribution in [0.3, 0.4) is 0 Å². The standard InChI is InChI=1S/C24H33N3O2/c1-5-7-21-22(18(4)28)17(3)25-23(21)24(29)26-20-11-9-19(10-12-20)15-27-13-6-8-16(2)14-27/h9-12,16,25H,5-8,13-15H2,1-4H3,(H,26,29). The van der Waals surface area contributed by atoms with Gasteiger partial charge in [-0.2, -0.15) is 0 Å². The minimum Gasteiger partial charge on any atom is -0.354 e. The predicted molar refractivity (Wildman–Crippen MR) is 118 cm³/mol. The summed E-state index contributed by atoms with van der Waals surface area (Å²) in [4.78, 5) is 30.5. The quantitative estimate of drug-likeness (QED) is 0.651. The largest absolute Gasteiger partial charge is 0.354 e. The van der Waals surface area contributed by atoms with Crippen molar-refractivity contribution in [2.24, 2.45) is 5.92 Å². The van der Waals surface area contributed by atoms with Crippen molar-refractivity contribution in [3.8, 4) is 0 Å². The second-order valence-electron chi connectivity index (χ2n) is 8.42. The summed E-state index contributed by atoms with van der Waals surface area (Å²) in [5, 5.41) is 2.98. The molecule has 2 N–H and O–H groups in total. The summed E-state index contributed by atoms with van der Waals surface area (Å²) in [5.74, 6) is 0.572. The molecule has 0 radical (unpaired) electrons. The van der Waals surface area contributed by atoms with Gasteiger partial charge in [0.05, 0.1) is 0 Å². The first-order valence-corrected chi connectivity index (χ1v) is 10.7. The smallest absolute Gasteiger partial charge is 0.272 e. The van der Waals surface area contributed by atoms with E-state index in [0.717, 1.165) is 48.9 Å². The summed E-state index contributed by atoms with van der Waals surface area (Å²) in [6.45, 7) is 11.0. The van der Waals surface area contributed by atoms with E-state index < -0.39 is 0 Å². The zero-order valence-electron chi connectivity index (χ0n) is 18.1. The molecule has 1 aliphatic rings. The van der Waals surface area contributed by atoms with E-state index in [0.29, 0.717) is 17.7 Å². The Bertz CT molecular complexity index is 867. The summed E-state index contributed by atoms with van der Waals surface area (Å²) < 4.78 is 0. The highest BCUT2D eigenvalue weighted by Crippen LogP contribution is 2.23. The number of Topliss-reactive ketones (excluding diaryl/α,β-unsaturated/α-hetero) is 1. The Morgan fingerprint density at radius 2 is 1.97 bits per heavy atom. The number of rotatable bonds is 7. The Kier molecular flexibility index (Phi) is 6.91. The van der Waals surface area contributed by atoms with Crippen LogP contribution in [-0.2, 0) is 13.0 Å². The first-order chi connectivity index (χ1) is 13.9. The molecule has 0 spiro atoms. The van der Waals surface area contributed by atoms with Crippen LogP contribution in [0.2, 0.25) is 0 Å². The van der Waals surface area contributed by atoms with Crippen LogP contribution in [0.1, 0.15) is 77.7 Å². The fourth-order valence-corrected chi connectivity index (χ4v) is 4.42. The van der Waals surface area contributed by atoms with Gasteiger partial charge in [0.25, 0.3) is 5.91 Å². The molecule has 1 aromatic heterocycles. The minimum atomic E-state index is -0.193. The van der Waals surface area contributed by atoms with Crippen molar-refractivity contribution in [3.63, 3.8) is 0 Å². The SMILES string of the molecule is CCCc1c(C(=O)Nc2ccc(CN3CCCC(C)C3)cc2)[nH]c(C)c1C(C)=O. The predicted octanol–water partition coefficient (Wildman–Crippen LogP) is 4.96. The van der Waals surface area contributed by atoms with Gasteiger partial charge < -0.3 is 10.3 Å². The molecule has 1 unspecified atom stereocenters. The lowest BCUT2D eigenvalue weighted by molar-refractivity contribution is 0.101. The minimum absolute atomic E-state index is 0.00219. The number of carbonyl (C=O) groups excluding carboxylic acids is 2. The molecule has 29 heavy (non-hydrogen) atoms. The summed E-state index contributed by atoms with van der Waals surface area (Å²) in [5.41, 5.74) is 4.77. The van der Waals surface area contributed by atoms with E-state index in [-0.39, 0.29) is 11.7 Å². The molecule has 5 heteroatoms. The average molecular weight is 396 g/mol. The third-order valence-corrected chi connectivity index (χ3v) is 5.73. The molecular weight excluding hydrogens is 362 g/mol. The molecule has 2 heterocycles. The van der Waals surface area contributed by atoms with Crippen LogP contribution in [0.5, 0.6) is 0 Å². The number of nitrogens with one attached hydrogen (secondary N) is 2. The fraction of sp³-hybridized carbons (Fsp3) is 0.500. The molecular formula is C24H33N3O2. The molecule has 3 rings (SSSR count). The molecule has 1 aromatic carbocycles. The van der Waals surface area contributed by atoms with Crippen molar-refractivity contribution in [2.45, 2.75) is 59.9 Å². The molecule has 0 aliphatic carbocycles. The van der Waals surface area contributed by atoms with Crippen LogP contribution in [0, 0.1) is 12.8 Å². The monoisotopic (exact) mass is 395 g/mol. The zero-order chi connectivity index (χ0) is 21.0. The number of aromatic amines is 1. The van der Waals surface area contributed by atoms with Crippen molar-refractivity contribution >= 4 is 17.4 Å². The number of ketones is 1. The number of hydrogen-bond donors (Lipinski definition) is 2. The highest BCUT2D eigenvalue weighted by molar-refractivity contribution is 6.07. The highest BCUT2D eigenvalue weighted by atomic mass is 16.2. The van der Waals surface area contributed by atoms with Gasteiger partial charge in [-0.3, -0.25) is 14.5 Å². The third kappa shape index (κ3) is 5.15. The Morgan fingerprint density at radius 3 is 2.59 bits per heavy atom. The van der Waals surface area contributed by atoms with E-state index in [1.54, 1.807) is 6.92 Å². The van der Waals surface area contributed by atoms with Crippen molar-refractivity contribution < 1.29 is 9.59 Å². The van der Waals surface area contributed by atoms with Gasteiger partial charge in [-0.15, -0.1) is 0 Å². The van der Waals surface area contributed by atoms with Gasteiger partial charge in [-0.25, -0.2) is 0 Å². The molecule has 1 amide bonds. The summed E-state index contributed by atoms with van der Waals surface area (Å²) in [6.07, 6.45) is 4.18. The number of aromatic nitrogens is 1. The Morgan fingerprint density at radius 1 is 1.24 bits per heavy atom. The van der Waals surface area contributed by atoms with Gasteiger partial charge in [-0.05, 0) is 68.8 Å². The number of hydrogen-bond acceptors (Lipinski definition) is 3. The molecule has 5 nitrogen and oxygen atoms in total. The number of piperidine rings is 1. The molecule has 0 bridgehead atoms. The van der Waals surface area contributed by atoms with Crippen LogP contribution < -0.4 is 5.32 Å². The van der Waals surface area contributed by atoms with Gasteiger partial charge in [-0.1, -0.05) is 32.4 Å². The fourth-order valence-electron chi connectivity index (χ4n) is 4.42. The molecule has 1 fully saturated rings. The number of carbonyl (C=O) groups is 2. The van der Waals surface area contributed by atoms with E-state index in [1.807, 2.05) is 19.1 Å². The highest BCUT2D eigenvalue weighted by Gasteiger charge is 2.22. The van der Waals surface area contributed by atoms with Crippen LogP contribution in [0.15, 0.2) is 24.3 Å². The maximum absolute atomic E-state index is 12.9. The maximum Gasteiger partial charge on any atom is 0.272 e. The number of amides is 1. The van der Waals surface area contributed by atoms with Gasteiger partial charge in [0.1, 0.15) is 5.69 Å². The van der Waals surface area contributed by atoms with E-state index >= 15 is 0 Å².